The lowest BCUT2D eigenvalue weighted by molar-refractivity contribution is -0.225. The number of esters is 1. The molecule has 3 unspecified atom stereocenters. The third kappa shape index (κ3) is 3.46. The van der Waals surface area contributed by atoms with E-state index in [-0.39, 0.29) is 18.2 Å². The van der Waals surface area contributed by atoms with Crippen LogP contribution in [0.2, 0.25) is 0 Å². The van der Waals surface area contributed by atoms with Crippen LogP contribution in [0.15, 0.2) is 24.3 Å². The molecule has 5 rings (SSSR count). The van der Waals surface area contributed by atoms with E-state index in [1.165, 1.54) is 37.7 Å². The van der Waals surface area contributed by atoms with E-state index < -0.39 is 0 Å². The third-order valence-corrected chi connectivity index (χ3v) is 8.15. The zero-order chi connectivity index (χ0) is 19.9. The molecule has 3 atom stereocenters. The molecule has 3 nitrogen and oxygen atoms in total. The molecule has 154 valence electrons. The van der Waals surface area contributed by atoms with Crippen molar-refractivity contribution in [1.29, 1.82) is 0 Å². The van der Waals surface area contributed by atoms with Crippen LogP contribution in [-0.2, 0) is 9.53 Å². The van der Waals surface area contributed by atoms with Gasteiger partial charge in [-0.25, -0.2) is 4.79 Å². The van der Waals surface area contributed by atoms with E-state index in [9.17, 15) is 4.79 Å². The Hall–Kier alpha value is -1.51. The SMILES string of the molecule is CCC(C)c1ccc(OCC(=O)OC2(CC)C3CC4CC2CC(C)(C4)C3)cc1. The summed E-state index contributed by atoms with van der Waals surface area (Å²) in [5.41, 5.74) is 1.54. The van der Waals surface area contributed by atoms with Crippen molar-refractivity contribution in [3.63, 3.8) is 0 Å². The minimum Gasteiger partial charge on any atom is -0.482 e. The number of hydrogen-bond acceptors (Lipinski definition) is 3. The van der Waals surface area contributed by atoms with E-state index in [1.807, 2.05) is 12.1 Å². The van der Waals surface area contributed by atoms with Gasteiger partial charge in [0.05, 0.1) is 0 Å². The van der Waals surface area contributed by atoms with Gasteiger partial charge in [-0.3, -0.25) is 0 Å². The first-order valence-electron chi connectivity index (χ1n) is 11.3. The van der Waals surface area contributed by atoms with Crippen LogP contribution in [0.3, 0.4) is 0 Å². The molecule has 0 N–H and O–H groups in total. The Bertz CT molecular complexity index is 691. The predicted molar refractivity (Wildman–Crippen MR) is 111 cm³/mol. The molecule has 0 radical (unpaired) electrons. The number of carbonyl (C=O) groups excluding carboxylic acids is 1. The van der Waals surface area contributed by atoms with Crippen molar-refractivity contribution in [3.8, 4) is 5.75 Å². The van der Waals surface area contributed by atoms with Crippen LogP contribution in [0, 0.1) is 23.2 Å². The van der Waals surface area contributed by atoms with Crippen LogP contribution in [0.1, 0.15) is 84.1 Å². The maximum Gasteiger partial charge on any atom is 0.344 e. The fraction of sp³-hybridized carbons (Fsp3) is 0.720. The number of carbonyl (C=O) groups is 1. The van der Waals surface area contributed by atoms with Gasteiger partial charge in [0.15, 0.2) is 6.61 Å². The zero-order valence-electron chi connectivity index (χ0n) is 18.0. The molecule has 4 bridgehead atoms. The topological polar surface area (TPSA) is 35.5 Å². The number of ether oxygens (including phenoxy) is 2. The summed E-state index contributed by atoms with van der Waals surface area (Å²) in [7, 11) is 0. The molecule has 3 heteroatoms. The van der Waals surface area contributed by atoms with Gasteiger partial charge in [-0.2, -0.15) is 0 Å². The molecular weight excluding hydrogens is 348 g/mol. The van der Waals surface area contributed by atoms with Gasteiger partial charge in [-0.15, -0.1) is 0 Å². The van der Waals surface area contributed by atoms with Crippen molar-refractivity contribution >= 4 is 5.97 Å². The smallest absolute Gasteiger partial charge is 0.344 e. The number of hydrogen-bond donors (Lipinski definition) is 0. The average molecular weight is 385 g/mol. The van der Waals surface area contributed by atoms with Gasteiger partial charge < -0.3 is 9.47 Å². The molecule has 0 amide bonds. The first-order valence-corrected chi connectivity index (χ1v) is 11.3. The summed E-state index contributed by atoms with van der Waals surface area (Å²) in [6, 6.07) is 8.13. The van der Waals surface area contributed by atoms with Crippen LogP contribution in [0.5, 0.6) is 5.75 Å². The summed E-state index contributed by atoms with van der Waals surface area (Å²) in [5.74, 6) is 3.00. The van der Waals surface area contributed by atoms with Crippen molar-refractivity contribution < 1.29 is 14.3 Å². The Balaban J connectivity index is 1.38. The number of benzene rings is 1. The first-order chi connectivity index (χ1) is 13.4. The van der Waals surface area contributed by atoms with E-state index >= 15 is 0 Å². The molecule has 28 heavy (non-hydrogen) atoms. The lowest BCUT2D eigenvalue weighted by Gasteiger charge is -2.63. The minimum atomic E-state index is -0.253. The van der Waals surface area contributed by atoms with Crippen LogP contribution in [-0.4, -0.2) is 18.2 Å². The molecule has 4 fully saturated rings. The molecule has 1 aromatic rings. The Labute approximate surface area is 170 Å². The van der Waals surface area contributed by atoms with E-state index in [2.05, 4.69) is 39.8 Å². The van der Waals surface area contributed by atoms with E-state index in [4.69, 9.17) is 9.47 Å². The Kier molecular flexibility index (Phi) is 5.22. The second kappa shape index (κ2) is 7.39. The predicted octanol–water partition coefficient (Wildman–Crippen LogP) is 6.12. The minimum absolute atomic E-state index is 0.00453. The van der Waals surface area contributed by atoms with Gasteiger partial charge in [-0.1, -0.05) is 39.8 Å². The fourth-order valence-corrected chi connectivity index (χ4v) is 6.78. The van der Waals surface area contributed by atoms with Crippen molar-refractivity contribution in [1.82, 2.24) is 0 Å². The molecule has 4 saturated carbocycles. The molecule has 4 aliphatic rings. The summed E-state index contributed by atoms with van der Waals surface area (Å²) in [6.45, 7) is 9.07. The van der Waals surface area contributed by atoms with Crippen LogP contribution in [0.4, 0.5) is 0 Å². The van der Waals surface area contributed by atoms with Gasteiger partial charge in [0, 0.05) is 0 Å². The standard InChI is InChI=1S/C25H36O3/c1-5-17(3)19-7-9-22(10-8-19)27-16-23(26)28-25(6-2)20-11-18-12-21(25)15-24(4,13-18)14-20/h7-10,17-18,20-21H,5-6,11-16H2,1-4H3. The molecular formula is C25H36O3. The summed E-state index contributed by atoms with van der Waals surface area (Å²) in [4.78, 5) is 12.7. The highest BCUT2D eigenvalue weighted by molar-refractivity contribution is 5.71. The van der Waals surface area contributed by atoms with Crippen LogP contribution in [0.25, 0.3) is 0 Å². The molecule has 0 heterocycles. The largest absolute Gasteiger partial charge is 0.482 e. The first kappa shape index (κ1) is 19.8. The highest BCUT2D eigenvalue weighted by atomic mass is 16.6. The molecule has 0 aliphatic heterocycles. The summed E-state index contributed by atoms with van der Waals surface area (Å²) < 4.78 is 12.0. The van der Waals surface area contributed by atoms with E-state index in [0.29, 0.717) is 23.2 Å². The lowest BCUT2D eigenvalue weighted by atomic mass is 9.44. The maximum atomic E-state index is 12.7. The molecule has 0 saturated heterocycles. The van der Waals surface area contributed by atoms with Crippen molar-refractivity contribution in [2.45, 2.75) is 84.2 Å². The fourth-order valence-electron chi connectivity index (χ4n) is 6.78. The third-order valence-electron chi connectivity index (χ3n) is 8.15. The van der Waals surface area contributed by atoms with Gasteiger partial charge in [0.2, 0.25) is 0 Å². The van der Waals surface area contributed by atoms with Gasteiger partial charge in [0.25, 0.3) is 0 Å². The van der Waals surface area contributed by atoms with E-state index in [1.54, 1.807) is 0 Å². The highest BCUT2D eigenvalue weighted by Gasteiger charge is 2.61. The van der Waals surface area contributed by atoms with Crippen molar-refractivity contribution in [2.24, 2.45) is 23.2 Å². The van der Waals surface area contributed by atoms with Crippen LogP contribution >= 0.6 is 0 Å². The molecule has 0 spiro atoms. The summed E-state index contributed by atoms with van der Waals surface area (Å²) in [5, 5.41) is 0. The monoisotopic (exact) mass is 384 g/mol. The van der Waals surface area contributed by atoms with Crippen LogP contribution < -0.4 is 4.74 Å². The Morgan fingerprint density at radius 1 is 1.11 bits per heavy atom. The van der Waals surface area contributed by atoms with Gasteiger partial charge >= 0.3 is 5.97 Å². The molecule has 0 aromatic heterocycles. The normalized spacial score (nSPS) is 36.9. The van der Waals surface area contributed by atoms with Gasteiger partial charge in [0.1, 0.15) is 11.4 Å². The Morgan fingerprint density at radius 3 is 2.29 bits per heavy atom. The molecule has 1 aromatic carbocycles. The summed E-state index contributed by atoms with van der Waals surface area (Å²) in [6.07, 6.45) is 8.35. The lowest BCUT2D eigenvalue weighted by Crippen LogP contribution is -2.62. The van der Waals surface area contributed by atoms with Gasteiger partial charge in [-0.05, 0) is 91.7 Å². The second-order valence-electron chi connectivity index (χ2n) is 10.1. The maximum absolute atomic E-state index is 12.7. The number of rotatable bonds is 7. The van der Waals surface area contributed by atoms with E-state index in [0.717, 1.165) is 24.5 Å². The summed E-state index contributed by atoms with van der Waals surface area (Å²) >= 11 is 0. The second-order valence-corrected chi connectivity index (χ2v) is 10.1. The van der Waals surface area contributed by atoms with Crippen molar-refractivity contribution in [3.05, 3.63) is 29.8 Å². The average Bonchev–Trinajstić information content (AvgIpc) is 2.68. The highest BCUT2D eigenvalue weighted by Crippen LogP contribution is 2.65. The quantitative estimate of drug-likeness (QED) is 0.532. The molecule has 4 aliphatic carbocycles. The van der Waals surface area contributed by atoms with Crippen molar-refractivity contribution in [2.75, 3.05) is 6.61 Å². The zero-order valence-corrected chi connectivity index (χ0v) is 18.0. The Morgan fingerprint density at radius 2 is 1.75 bits per heavy atom.